The average molecular weight is 523 g/mol. The van der Waals surface area contributed by atoms with E-state index in [2.05, 4.69) is 101 Å². The first-order chi connectivity index (χ1) is 18.9. The molecule has 0 aliphatic carbocycles. The number of nitrogens with zero attached hydrogens (tertiary/aromatic N) is 2. The number of hydrogen-bond acceptors (Lipinski definition) is 2. The standard InChI is InChI=1S/C37H50N2/c1-8-10-13-19-30(4)27-36(39-32(6)20-15-11-14-18-29(3)9-2)37(38-7)35-28-34(24-23-31(35)5)26-25-33-21-16-12-17-22-33/h8,10,12-13,16-17,19,21-24,27-29H,6,9,11,14-15,18,20,25-26H2,1-5,7H3/b10-8-,19-13-,30-27+,38-37?,39-36?/t29-/m1/s1. The second kappa shape index (κ2) is 18.1. The molecule has 0 radical (unpaired) electrons. The van der Waals surface area contributed by atoms with Crippen LogP contribution in [0.25, 0.3) is 0 Å². The van der Waals surface area contributed by atoms with E-state index in [4.69, 9.17) is 9.98 Å². The van der Waals surface area contributed by atoms with Crippen LogP contribution in [0.5, 0.6) is 0 Å². The summed E-state index contributed by atoms with van der Waals surface area (Å²) in [7, 11) is 1.87. The van der Waals surface area contributed by atoms with E-state index < -0.39 is 0 Å². The lowest BCUT2D eigenvalue weighted by Gasteiger charge is -2.14. The van der Waals surface area contributed by atoms with E-state index in [1.54, 1.807) is 0 Å². The minimum Gasteiger partial charge on any atom is -0.286 e. The van der Waals surface area contributed by atoms with Gasteiger partial charge in [-0.1, -0.05) is 113 Å². The predicted molar refractivity (Wildman–Crippen MR) is 174 cm³/mol. The Labute approximate surface area is 239 Å². The lowest BCUT2D eigenvalue weighted by atomic mass is 9.94. The van der Waals surface area contributed by atoms with Crippen LogP contribution in [0.15, 0.2) is 107 Å². The molecule has 0 aliphatic rings. The summed E-state index contributed by atoms with van der Waals surface area (Å²) in [4.78, 5) is 9.85. The van der Waals surface area contributed by atoms with E-state index in [0.29, 0.717) is 0 Å². The van der Waals surface area contributed by atoms with Crippen molar-refractivity contribution in [1.82, 2.24) is 0 Å². The highest BCUT2D eigenvalue weighted by Gasteiger charge is 2.14. The Balaban J connectivity index is 2.30. The van der Waals surface area contributed by atoms with Gasteiger partial charge in [-0.3, -0.25) is 9.98 Å². The highest BCUT2D eigenvalue weighted by molar-refractivity contribution is 6.52. The maximum Gasteiger partial charge on any atom is 0.0902 e. The SMILES string of the molecule is C=C(CCCCC[C@H](C)CC)N=C(/C=C(C)/C=C\C=C/C)C(=NC)c1cc(CCc2ccccc2)ccc1C. The summed E-state index contributed by atoms with van der Waals surface area (Å²) in [5.74, 6) is 0.816. The van der Waals surface area contributed by atoms with Gasteiger partial charge in [-0.05, 0) is 86.8 Å². The molecule has 0 saturated heterocycles. The molecule has 2 nitrogen and oxygen atoms in total. The van der Waals surface area contributed by atoms with E-state index in [0.717, 1.165) is 59.9 Å². The Kier molecular flexibility index (Phi) is 14.8. The lowest BCUT2D eigenvalue weighted by molar-refractivity contribution is 0.478. The zero-order valence-electron chi connectivity index (χ0n) is 25.3. The lowest BCUT2D eigenvalue weighted by Crippen LogP contribution is -2.16. The molecule has 1 atom stereocenters. The van der Waals surface area contributed by atoms with Crippen LogP contribution in [0.3, 0.4) is 0 Å². The van der Waals surface area contributed by atoms with Crippen LogP contribution in [0.4, 0.5) is 0 Å². The highest BCUT2D eigenvalue weighted by Crippen LogP contribution is 2.19. The van der Waals surface area contributed by atoms with E-state index in [9.17, 15) is 0 Å². The largest absolute Gasteiger partial charge is 0.286 e. The molecule has 0 aliphatic heterocycles. The second-order valence-corrected chi connectivity index (χ2v) is 10.7. The summed E-state index contributed by atoms with van der Waals surface area (Å²) in [6, 6.07) is 17.4. The van der Waals surface area contributed by atoms with E-state index in [1.807, 2.05) is 26.1 Å². The molecule has 39 heavy (non-hydrogen) atoms. The van der Waals surface area contributed by atoms with Gasteiger partial charge in [-0.2, -0.15) is 0 Å². The summed E-state index contributed by atoms with van der Waals surface area (Å²) in [6.45, 7) is 15.3. The molecule has 0 bridgehead atoms. The third kappa shape index (κ3) is 12.0. The molecule has 208 valence electrons. The second-order valence-electron chi connectivity index (χ2n) is 10.7. The van der Waals surface area contributed by atoms with Gasteiger partial charge in [0.05, 0.1) is 11.4 Å². The van der Waals surface area contributed by atoms with Crippen LogP contribution in [-0.4, -0.2) is 18.5 Å². The summed E-state index contributed by atoms with van der Waals surface area (Å²) in [5.41, 5.74) is 8.88. The van der Waals surface area contributed by atoms with E-state index >= 15 is 0 Å². The highest BCUT2D eigenvalue weighted by atomic mass is 14.8. The Morgan fingerprint density at radius 1 is 0.974 bits per heavy atom. The molecule has 0 spiro atoms. The third-order valence-electron chi connectivity index (χ3n) is 7.23. The van der Waals surface area contributed by atoms with Gasteiger partial charge in [0, 0.05) is 18.3 Å². The Bertz CT molecular complexity index is 1180. The molecule has 0 amide bonds. The van der Waals surface area contributed by atoms with Crippen LogP contribution in [0, 0.1) is 12.8 Å². The number of rotatable bonds is 16. The van der Waals surface area contributed by atoms with Crippen molar-refractivity contribution in [2.24, 2.45) is 15.9 Å². The van der Waals surface area contributed by atoms with Crippen molar-refractivity contribution in [1.29, 1.82) is 0 Å². The molecule has 0 saturated carbocycles. The predicted octanol–water partition coefficient (Wildman–Crippen LogP) is 10.2. The average Bonchev–Trinajstić information content (AvgIpc) is 2.94. The van der Waals surface area contributed by atoms with Crippen molar-refractivity contribution < 1.29 is 0 Å². The van der Waals surface area contributed by atoms with Crippen molar-refractivity contribution in [3.8, 4) is 0 Å². The van der Waals surface area contributed by atoms with Gasteiger partial charge < -0.3 is 0 Å². The molecule has 0 heterocycles. The van der Waals surface area contributed by atoms with E-state index in [-0.39, 0.29) is 0 Å². The molecular formula is C37H50N2. The summed E-state index contributed by atoms with van der Waals surface area (Å²) < 4.78 is 0. The molecule has 2 rings (SSSR count). The summed E-state index contributed by atoms with van der Waals surface area (Å²) >= 11 is 0. The fourth-order valence-corrected chi connectivity index (χ4v) is 4.55. The van der Waals surface area contributed by atoms with Crippen LogP contribution >= 0.6 is 0 Å². The zero-order valence-corrected chi connectivity index (χ0v) is 25.3. The quantitative estimate of drug-likeness (QED) is 0.119. The van der Waals surface area contributed by atoms with Crippen molar-refractivity contribution in [3.63, 3.8) is 0 Å². The van der Waals surface area contributed by atoms with Gasteiger partial charge in [0.15, 0.2) is 0 Å². The summed E-state index contributed by atoms with van der Waals surface area (Å²) in [5, 5.41) is 0. The summed E-state index contributed by atoms with van der Waals surface area (Å²) in [6.07, 6.45) is 19.5. The number of benzene rings is 2. The van der Waals surface area contributed by atoms with Crippen molar-refractivity contribution in [2.45, 2.75) is 86.0 Å². The van der Waals surface area contributed by atoms with Crippen LogP contribution in [0.1, 0.15) is 88.5 Å². The van der Waals surface area contributed by atoms with Crippen molar-refractivity contribution >= 4 is 11.4 Å². The topological polar surface area (TPSA) is 24.7 Å². The molecule has 0 N–H and O–H groups in total. The molecule has 0 unspecified atom stereocenters. The van der Waals surface area contributed by atoms with Gasteiger partial charge in [-0.25, -0.2) is 0 Å². The third-order valence-corrected chi connectivity index (χ3v) is 7.23. The number of allylic oxidation sites excluding steroid dienone is 7. The number of hydrogen-bond donors (Lipinski definition) is 0. The maximum atomic E-state index is 5.07. The van der Waals surface area contributed by atoms with Crippen molar-refractivity contribution in [3.05, 3.63) is 119 Å². The van der Waals surface area contributed by atoms with Crippen molar-refractivity contribution in [2.75, 3.05) is 7.05 Å². The smallest absolute Gasteiger partial charge is 0.0902 e. The number of aliphatic imine (C=N–C) groups is 2. The number of unbranched alkanes of at least 4 members (excludes halogenated alkanes) is 2. The fourth-order valence-electron chi connectivity index (χ4n) is 4.55. The molecular weight excluding hydrogens is 472 g/mol. The Hall–Kier alpha value is -3.26. The van der Waals surface area contributed by atoms with Gasteiger partial charge >= 0.3 is 0 Å². The Morgan fingerprint density at radius 2 is 1.72 bits per heavy atom. The van der Waals surface area contributed by atoms with Gasteiger partial charge in [0.2, 0.25) is 0 Å². The minimum absolute atomic E-state index is 0.816. The fraction of sp³-hybridized carbons (Fsp3) is 0.405. The van der Waals surface area contributed by atoms with Gasteiger partial charge in [0.25, 0.3) is 0 Å². The first kappa shape index (κ1) is 32.0. The van der Waals surface area contributed by atoms with Crippen LogP contribution in [0.2, 0.25) is 0 Å². The van der Waals surface area contributed by atoms with Crippen LogP contribution < -0.4 is 0 Å². The molecule has 0 aromatic heterocycles. The monoisotopic (exact) mass is 522 g/mol. The number of aryl methyl sites for hydroxylation is 3. The Morgan fingerprint density at radius 3 is 2.41 bits per heavy atom. The van der Waals surface area contributed by atoms with Gasteiger partial charge in [-0.15, -0.1) is 0 Å². The first-order valence-electron chi connectivity index (χ1n) is 14.7. The van der Waals surface area contributed by atoms with E-state index in [1.165, 1.54) is 42.4 Å². The molecule has 2 aromatic rings. The van der Waals surface area contributed by atoms with Crippen LogP contribution in [-0.2, 0) is 12.8 Å². The molecule has 2 heteroatoms. The van der Waals surface area contributed by atoms with Gasteiger partial charge in [0.1, 0.15) is 0 Å². The molecule has 0 fully saturated rings. The molecule has 2 aromatic carbocycles. The first-order valence-corrected chi connectivity index (χ1v) is 14.7. The zero-order chi connectivity index (χ0) is 28.5. The maximum absolute atomic E-state index is 5.07. The normalized spacial score (nSPS) is 13.9. The minimum atomic E-state index is 0.816.